The van der Waals surface area contributed by atoms with E-state index < -0.39 is 6.04 Å². The van der Waals surface area contributed by atoms with Crippen molar-refractivity contribution in [2.75, 3.05) is 13.2 Å². The molecule has 0 unspecified atom stereocenters. The molecule has 0 aliphatic carbocycles. The number of carbonyl (C=O) groups excluding carboxylic acids is 2. The minimum atomic E-state index is -0.717. The Balaban J connectivity index is 1.94. The quantitative estimate of drug-likeness (QED) is 0.270. The summed E-state index contributed by atoms with van der Waals surface area (Å²) in [6, 6.07) is 14.3. The number of ether oxygens (including phenoxy) is 2. The van der Waals surface area contributed by atoms with E-state index in [4.69, 9.17) is 9.47 Å². The molecule has 178 valence electrons. The number of rotatable bonds is 13. The molecule has 0 aliphatic heterocycles. The SMILES string of the molecule is CCCCOc1ccccc1/C=N\NC(=O)[C@H](CC(C)C)NC(=O)COc1ccccc1C. The van der Waals surface area contributed by atoms with Crippen molar-refractivity contribution in [2.45, 2.75) is 53.0 Å². The van der Waals surface area contributed by atoms with E-state index in [1.165, 1.54) is 0 Å². The van der Waals surface area contributed by atoms with E-state index in [2.05, 4.69) is 22.8 Å². The molecular formula is C26H35N3O4. The molecule has 2 aromatic rings. The fourth-order valence-electron chi connectivity index (χ4n) is 3.09. The Hall–Kier alpha value is -3.35. The van der Waals surface area contributed by atoms with Crippen LogP contribution >= 0.6 is 0 Å². The van der Waals surface area contributed by atoms with E-state index in [1.54, 1.807) is 12.3 Å². The predicted molar refractivity (Wildman–Crippen MR) is 131 cm³/mol. The van der Waals surface area contributed by atoms with Gasteiger partial charge in [0.25, 0.3) is 11.8 Å². The van der Waals surface area contributed by atoms with Gasteiger partial charge in [0.05, 0.1) is 12.8 Å². The van der Waals surface area contributed by atoms with Crippen molar-refractivity contribution in [1.82, 2.24) is 10.7 Å². The molecule has 0 fully saturated rings. The Morgan fingerprint density at radius 1 is 1.03 bits per heavy atom. The van der Waals surface area contributed by atoms with Crippen LogP contribution in [-0.2, 0) is 9.59 Å². The van der Waals surface area contributed by atoms with Gasteiger partial charge in [-0.1, -0.05) is 57.5 Å². The van der Waals surface area contributed by atoms with Gasteiger partial charge in [-0.25, -0.2) is 5.43 Å². The number of hydrazone groups is 1. The number of nitrogens with zero attached hydrogens (tertiary/aromatic N) is 1. The summed E-state index contributed by atoms with van der Waals surface area (Å²) in [5.74, 6) is 0.813. The van der Waals surface area contributed by atoms with Crippen LogP contribution in [0.25, 0.3) is 0 Å². The summed E-state index contributed by atoms with van der Waals surface area (Å²) in [7, 11) is 0. The molecule has 1 atom stereocenters. The second kappa shape index (κ2) is 13.9. The molecule has 0 radical (unpaired) electrons. The highest BCUT2D eigenvalue weighted by Crippen LogP contribution is 2.17. The van der Waals surface area contributed by atoms with E-state index in [0.29, 0.717) is 24.5 Å². The third-order valence-corrected chi connectivity index (χ3v) is 4.86. The average Bonchev–Trinajstić information content (AvgIpc) is 2.79. The molecule has 7 nitrogen and oxygen atoms in total. The van der Waals surface area contributed by atoms with Gasteiger partial charge in [0, 0.05) is 5.56 Å². The van der Waals surface area contributed by atoms with Crippen molar-refractivity contribution in [1.29, 1.82) is 0 Å². The summed E-state index contributed by atoms with van der Waals surface area (Å²) in [6.45, 7) is 8.45. The highest BCUT2D eigenvalue weighted by atomic mass is 16.5. The molecular weight excluding hydrogens is 418 g/mol. The zero-order valence-corrected chi connectivity index (χ0v) is 20.0. The van der Waals surface area contributed by atoms with Crippen molar-refractivity contribution < 1.29 is 19.1 Å². The van der Waals surface area contributed by atoms with Gasteiger partial charge in [0.2, 0.25) is 0 Å². The van der Waals surface area contributed by atoms with Gasteiger partial charge in [0.15, 0.2) is 6.61 Å². The number of carbonyl (C=O) groups is 2. The van der Waals surface area contributed by atoms with Crippen molar-refractivity contribution >= 4 is 18.0 Å². The van der Waals surface area contributed by atoms with Crippen LogP contribution in [0.15, 0.2) is 53.6 Å². The van der Waals surface area contributed by atoms with Crippen LogP contribution < -0.4 is 20.2 Å². The molecule has 2 N–H and O–H groups in total. The first kappa shape index (κ1) is 25.9. The van der Waals surface area contributed by atoms with Crippen LogP contribution in [0.2, 0.25) is 0 Å². The van der Waals surface area contributed by atoms with E-state index in [9.17, 15) is 9.59 Å². The summed E-state index contributed by atoms with van der Waals surface area (Å²) < 4.78 is 11.4. The zero-order valence-electron chi connectivity index (χ0n) is 20.0. The number of amides is 2. The maximum absolute atomic E-state index is 12.7. The Morgan fingerprint density at radius 3 is 2.42 bits per heavy atom. The van der Waals surface area contributed by atoms with Gasteiger partial charge < -0.3 is 14.8 Å². The maximum Gasteiger partial charge on any atom is 0.262 e. The molecule has 0 aromatic heterocycles. The first-order valence-corrected chi connectivity index (χ1v) is 11.4. The van der Waals surface area contributed by atoms with Crippen molar-refractivity contribution in [3.05, 3.63) is 59.7 Å². The molecule has 33 heavy (non-hydrogen) atoms. The largest absolute Gasteiger partial charge is 0.493 e. The minimum Gasteiger partial charge on any atom is -0.493 e. The summed E-state index contributed by atoms with van der Waals surface area (Å²) in [6.07, 6.45) is 4.04. The number of hydrogen-bond acceptors (Lipinski definition) is 5. The highest BCUT2D eigenvalue weighted by molar-refractivity contribution is 5.89. The van der Waals surface area contributed by atoms with Gasteiger partial charge in [0.1, 0.15) is 17.5 Å². The van der Waals surface area contributed by atoms with E-state index in [1.807, 2.05) is 63.2 Å². The van der Waals surface area contributed by atoms with Crippen LogP contribution in [0.5, 0.6) is 11.5 Å². The summed E-state index contributed by atoms with van der Waals surface area (Å²) >= 11 is 0. The molecule has 0 spiro atoms. The highest BCUT2D eigenvalue weighted by Gasteiger charge is 2.22. The Kier molecular flexibility index (Phi) is 10.9. The van der Waals surface area contributed by atoms with Crippen molar-refractivity contribution in [3.8, 4) is 11.5 Å². The fraction of sp³-hybridized carbons (Fsp3) is 0.423. The third kappa shape index (κ3) is 9.35. The Bertz CT molecular complexity index is 927. The Morgan fingerprint density at radius 2 is 1.73 bits per heavy atom. The van der Waals surface area contributed by atoms with E-state index in [0.717, 1.165) is 24.0 Å². The van der Waals surface area contributed by atoms with Crippen LogP contribution in [0.1, 0.15) is 51.2 Å². The number of aryl methyl sites for hydroxylation is 1. The third-order valence-electron chi connectivity index (χ3n) is 4.86. The monoisotopic (exact) mass is 453 g/mol. The van der Waals surface area contributed by atoms with Gasteiger partial charge >= 0.3 is 0 Å². The number of benzene rings is 2. The van der Waals surface area contributed by atoms with Crippen LogP contribution in [0.3, 0.4) is 0 Å². The molecule has 0 heterocycles. The van der Waals surface area contributed by atoms with E-state index >= 15 is 0 Å². The lowest BCUT2D eigenvalue weighted by molar-refractivity contribution is -0.130. The molecule has 2 aromatic carbocycles. The minimum absolute atomic E-state index is 0.168. The molecule has 0 saturated heterocycles. The lowest BCUT2D eigenvalue weighted by Crippen LogP contribution is -2.47. The second-order valence-corrected chi connectivity index (χ2v) is 8.28. The number of para-hydroxylation sites is 2. The lowest BCUT2D eigenvalue weighted by atomic mass is 10.0. The summed E-state index contributed by atoms with van der Waals surface area (Å²) in [4.78, 5) is 25.1. The standard InChI is InChI=1S/C26H35N3O4/c1-5-6-15-32-24-14-10-8-12-21(24)17-27-29-26(31)22(16-19(2)3)28-25(30)18-33-23-13-9-7-11-20(23)4/h7-14,17,19,22H,5-6,15-16,18H2,1-4H3,(H,28,30)(H,29,31)/b27-17-/t22-/m0/s1. The normalized spacial score (nSPS) is 11.9. The molecule has 7 heteroatoms. The zero-order chi connectivity index (χ0) is 24.1. The predicted octanol–water partition coefficient (Wildman–Crippen LogP) is 4.23. The molecule has 2 rings (SSSR count). The summed E-state index contributed by atoms with van der Waals surface area (Å²) in [5, 5.41) is 6.84. The van der Waals surface area contributed by atoms with Gasteiger partial charge in [-0.3, -0.25) is 9.59 Å². The number of hydrogen-bond donors (Lipinski definition) is 2. The van der Waals surface area contributed by atoms with Crippen molar-refractivity contribution in [3.63, 3.8) is 0 Å². The topological polar surface area (TPSA) is 89.0 Å². The smallest absolute Gasteiger partial charge is 0.262 e. The van der Waals surface area contributed by atoms with Gasteiger partial charge in [-0.15, -0.1) is 0 Å². The average molecular weight is 454 g/mol. The first-order valence-electron chi connectivity index (χ1n) is 11.4. The Labute approximate surface area is 196 Å². The van der Waals surface area contributed by atoms with Gasteiger partial charge in [-0.05, 0) is 49.4 Å². The summed E-state index contributed by atoms with van der Waals surface area (Å²) in [5.41, 5.74) is 4.25. The van der Waals surface area contributed by atoms with Crippen LogP contribution in [0.4, 0.5) is 0 Å². The van der Waals surface area contributed by atoms with E-state index in [-0.39, 0.29) is 24.3 Å². The van der Waals surface area contributed by atoms with Gasteiger partial charge in [-0.2, -0.15) is 5.10 Å². The molecule has 2 amide bonds. The molecule has 0 bridgehead atoms. The number of nitrogens with one attached hydrogen (secondary N) is 2. The fourth-order valence-corrected chi connectivity index (χ4v) is 3.09. The number of unbranched alkanes of at least 4 members (excludes halogenated alkanes) is 1. The second-order valence-electron chi connectivity index (χ2n) is 8.28. The van der Waals surface area contributed by atoms with Crippen LogP contribution in [0, 0.1) is 12.8 Å². The maximum atomic E-state index is 12.7. The van der Waals surface area contributed by atoms with Crippen LogP contribution in [-0.4, -0.2) is 37.3 Å². The lowest BCUT2D eigenvalue weighted by Gasteiger charge is -2.19. The molecule has 0 saturated carbocycles. The first-order chi connectivity index (χ1) is 15.9. The van der Waals surface area contributed by atoms with Crippen molar-refractivity contribution in [2.24, 2.45) is 11.0 Å². The molecule has 0 aliphatic rings.